The van der Waals surface area contributed by atoms with E-state index >= 15 is 0 Å². The largest absolute Gasteiger partial charge is 0.390 e. The number of hydrogen-bond acceptors (Lipinski definition) is 10. The molecule has 2 fully saturated rings. The van der Waals surface area contributed by atoms with Crippen LogP contribution in [0.15, 0.2) is 0 Å². The Morgan fingerprint density at radius 2 is 1.31 bits per heavy atom. The fourth-order valence-electron chi connectivity index (χ4n) is 4.67. The highest BCUT2D eigenvalue weighted by Gasteiger charge is 2.46. The molecule has 10 nitrogen and oxygen atoms in total. The Morgan fingerprint density at radius 3 is 1.82 bits per heavy atom. The fraction of sp³-hybridized carbons (Fsp3) is 0.852. The number of nitrogens with zero attached hydrogens (tertiary/aromatic N) is 2. The lowest BCUT2D eigenvalue weighted by Gasteiger charge is -2.37. The fourth-order valence-corrected chi connectivity index (χ4v) is 8.34. The third kappa shape index (κ3) is 9.94. The van der Waals surface area contributed by atoms with Crippen molar-refractivity contribution in [3.8, 4) is 12.1 Å². The van der Waals surface area contributed by atoms with Gasteiger partial charge in [0.15, 0.2) is 0 Å². The molecule has 10 unspecified atom stereocenters. The maximum Gasteiger partial charge on any atom is 0.251 e. The van der Waals surface area contributed by atoms with E-state index in [0.717, 1.165) is 0 Å². The first kappa shape index (κ1) is 34.5. The molecule has 0 radical (unpaired) electrons. The lowest BCUT2D eigenvalue weighted by molar-refractivity contribution is -0.0393. The molecule has 1 N–H and O–H groups in total. The van der Waals surface area contributed by atoms with E-state index in [4.69, 9.17) is 37.4 Å². The van der Waals surface area contributed by atoms with Gasteiger partial charge in [0.2, 0.25) is 0 Å². The van der Waals surface area contributed by atoms with Crippen molar-refractivity contribution < 1.29 is 37.2 Å². The topological polar surface area (TPSA) is 132 Å². The average Bonchev–Trinajstić information content (AvgIpc) is 3.19. The molecule has 0 bridgehead atoms. The van der Waals surface area contributed by atoms with Gasteiger partial charge in [0.1, 0.15) is 19.5 Å². The molecule has 224 valence electrons. The van der Waals surface area contributed by atoms with E-state index in [0.29, 0.717) is 0 Å². The van der Waals surface area contributed by atoms with Gasteiger partial charge in [0.25, 0.3) is 7.57 Å². The molecule has 10 atom stereocenters. The number of aliphatic hydroxyl groups excluding tert-OH is 1. The zero-order valence-electron chi connectivity index (χ0n) is 25.0. The van der Waals surface area contributed by atoms with Crippen molar-refractivity contribution in [3.05, 3.63) is 0 Å². The minimum atomic E-state index is -3.30. The van der Waals surface area contributed by atoms with E-state index in [-0.39, 0.29) is 50.1 Å². The van der Waals surface area contributed by atoms with Crippen molar-refractivity contribution in [3.63, 3.8) is 0 Å². The van der Waals surface area contributed by atoms with Crippen LogP contribution >= 0.6 is 14.9 Å². The first-order valence-corrected chi connectivity index (χ1v) is 17.4. The van der Waals surface area contributed by atoms with Crippen molar-refractivity contribution >= 4 is 27.5 Å². The lowest BCUT2D eigenvalue weighted by Crippen LogP contribution is -2.35. The molecule has 0 amide bonds. The van der Waals surface area contributed by atoms with E-state index < -0.39 is 50.5 Å². The van der Waals surface area contributed by atoms with Gasteiger partial charge in [-0.2, -0.15) is 10.5 Å². The molecule has 2 aliphatic rings. The monoisotopic (exact) mass is 590 g/mol. The minimum absolute atomic E-state index is 0.0265. The second-order valence-corrected chi connectivity index (χ2v) is 16.5. The van der Waals surface area contributed by atoms with Crippen LogP contribution in [0.1, 0.15) is 68.2 Å². The van der Waals surface area contributed by atoms with Crippen LogP contribution in [-0.4, -0.2) is 85.4 Å². The Bertz CT molecular complexity index is 1010. The van der Waals surface area contributed by atoms with Gasteiger partial charge in [0.05, 0.1) is 73.8 Å². The summed E-state index contributed by atoms with van der Waals surface area (Å²) in [5.74, 6) is -0.0935. The van der Waals surface area contributed by atoms with Gasteiger partial charge >= 0.3 is 0 Å². The highest BCUT2D eigenvalue weighted by Crippen LogP contribution is 2.57. The maximum atomic E-state index is 10.6. The summed E-state index contributed by atoms with van der Waals surface area (Å²) in [5.41, 5.74) is -1.59. The Morgan fingerprint density at radius 1 is 0.821 bits per heavy atom. The molecule has 2 aliphatic heterocycles. The first-order valence-electron chi connectivity index (χ1n) is 13.4. The quantitative estimate of drug-likeness (QED) is 0.271. The van der Waals surface area contributed by atoms with Crippen molar-refractivity contribution in [2.75, 3.05) is 19.9 Å². The van der Waals surface area contributed by atoms with Crippen molar-refractivity contribution in [1.29, 1.82) is 10.5 Å². The van der Waals surface area contributed by atoms with Crippen LogP contribution in [0.3, 0.4) is 0 Å². The van der Waals surface area contributed by atoms with Gasteiger partial charge in [-0.1, -0.05) is 20.1 Å². The van der Waals surface area contributed by atoms with Gasteiger partial charge in [-0.25, -0.2) is 0 Å². The summed E-state index contributed by atoms with van der Waals surface area (Å²) in [5, 5.41) is 29.0. The standard InChI is InChI=1S/C27H48N2O8P2/c1-18-20(3)33-22(24(18)30)16-32-39(11,37-27(7,8)13-15-29)35-25-19(2)21(4)34-23(25)17-31-38(9,10)36-26(5,6)12-14-28/h18-25,30H,9,11-13,16-17H2,1-8,10H3. The normalized spacial score (nSPS) is 34.7. The molecule has 2 heterocycles. The summed E-state index contributed by atoms with van der Waals surface area (Å²) < 4.78 is 43.3. The predicted molar refractivity (Wildman–Crippen MR) is 155 cm³/mol. The van der Waals surface area contributed by atoms with E-state index in [2.05, 4.69) is 24.7 Å². The van der Waals surface area contributed by atoms with Crippen molar-refractivity contribution in [2.45, 2.75) is 116 Å². The molecule has 0 aromatic rings. The molecule has 0 aromatic heterocycles. The highest BCUT2D eigenvalue weighted by molar-refractivity contribution is 7.63. The molecular weight excluding hydrogens is 542 g/mol. The molecule has 0 aliphatic carbocycles. The number of nitriles is 2. The summed E-state index contributed by atoms with van der Waals surface area (Å²) in [6.07, 6.45) is 6.20. The minimum Gasteiger partial charge on any atom is -0.390 e. The number of rotatable bonds is 14. The van der Waals surface area contributed by atoms with Crippen LogP contribution in [0.5, 0.6) is 0 Å². The smallest absolute Gasteiger partial charge is 0.251 e. The maximum absolute atomic E-state index is 10.6. The van der Waals surface area contributed by atoms with E-state index in [1.165, 1.54) is 0 Å². The van der Waals surface area contributed by atoms with Crippen LogP contribution in [0.25, 0.3) is 0 Å². The summed E-state index contributed by atoms with van der Waals surface area (Å²) in [4.78, 5) is 0. The van der Waals surface area contributed by atoms with Gasteiger partial charge in [-0.05, 0) is 47.8 Å². The summed E-state index contributed by atoms with van der Waals surface area (Å²) >= 11 is 0. The number of hydrogen-bond donors (Lipinski definition) is 1. The zero-order valence-corrected chi connectivity index (χ0v) is 26.7. The average molecular weight is 591 g/mol. The summed E-state index contributed by atoms with van der Waals surface area (Å²) in [6, 6.07) is 4.26. The molecule has 0 spiro atoms. The Kier molecular flexibility index (Phi) is 11.9. The summed E-state index contributed by atoms with van der Waals surface area (Å²) in [6.45, 7) is 17.0. The van der Waals surface area contributed by atoms with E-state index in [1.54, 1.807) is 20.5 Å². The second kappa shape index (κ2) is 13.5. The van der Waals surface area contributed by atoms with Gasteiger partial charge in [-0.15, -0.1) is 0 Å². The molecule has 2 rings (SSSR count). The zero-order chi connectivity index (χ0) is 29.8. The van der Waals surface area contributed by atoms with Crippen LogP contribution in [0.4, 0.5) is 0 Å². The SMILES string of the molecule is C=P(C)(OCC1OC(C)C(C)C1OP(=C)(OCC1OC(C)C(C)C1O)OC(C)(C)CC#N)OC(C)(C)CC#N. The third-order valence-corrected chi connectivity index (χ3v) is 10.6. The van der Waals surface area contributed by atoms with Gasteiger partial charge in [0, 0.05) is 18.5 Å². The Labute approximate surface area is 235 Å². The molecule has 0 saturated carbocycles. The van der Waals surface area contributed by atoms with Crippen LogP contribution in [-0.2, 0) is 32.1 Å². The van der Waals surface area contributed by atoms with Crippen LogP contribution < -0.4 is 0 Å². The van der Waals surface area contributed by atoms with E-state index in [9.17, 15) is 10.4 Å². The lowest BCUT2D eigenvalue weighted by atomic mass is 10.00. The summed E-state index contributed by atoms with van der Waals surface area (Å²) in [7, 11) is -5.84. The second-order valence-electron chi connectivity index (χ2n) is 12.1. The Hall–Kier alpha value is -0.740. The van der Waals surface area contributed by atoms with Crippen molar-refractivity contribution in [1.82, 2.24) is 0 Å². The number of ether oxygens (including phenoxy) is 2. The van der Waals surface area contributed by atoms with Crippen molar-refractivity contribution in [2.24, 2.45) is 11.8 Å². The molecular formula is C27H48N2O8P2. The van der Waals surface area contributed by atoms with Crippen LogP contribution in [0.2, 0.25) is 0 Å². The van der Waals surface area contributed by atoms with E-state index in [1.807, 2.05) is 41.5 Å². The highest BCUT2D eigenvalue weighted by atomic mass is 31.2. The molecule has 39 heavy (non-hydrogen) atoms. The predicted octanol–water partition coefficient (Wildman–Crippen LogP) is 5.13. The molecule has 2 saturated heterocycles. The third-order valence-electron chi connectivity index (χ3n) is 7.13. The molecule has 12 heteroatoms. The first-order chi connectivity index (χ1) is 17.8. The number of aliphatic hydroxyl groups is 1. The molecule has 0 aromatic carbocycles. The van der Waals surface area contributed by atoms with Gasteiger partial charge < -0.3 is 37.2 Å². The Balaban J connectivity index is 2.21. The van der Waals surface area contributed by atoms with Gasteiger partial charge in [-0.3, -0.25) is 0 Å². The van der Waals surface area contributed by atoms with Crippen LogP contribution in [0, 0.1) is 34.5 Å².